The molecule has 94 valence electrons. The molecule has 0 amide bonds. The highest BCUT2D eigenvalue weighted by Crippen LogP contribution is 2.21. The van der Waals surface area contributed by atoms with Crippen LogP contribution in [-0.2, 0) is 23.8 Å². The number of carbonyl (C=O) groups is 2. The minimum absolute atomic E-state index is 0.110. The molecule has 1 rings (SSSR count). The first-order valence-corrected chi connectivity index (χ1v) is 5.33. The normalized spacial score (nSPS) is 24.4. The molecule has 0 spiro atoms. The zero-order valence-electron chi connectivity index (χ0n) is 9.92. The smallest absolute Gasteiger partial charge is 0.330 e. The summed E-state index contributed by atoms with van der Waals surface area (Å²) >= 11 is 0. The van der Waals surface area contributed by atoms with Crippen LogP contribution in [0.5, 0.6) is 0 Å². The van der Waals surface area contributed by atoms with Crippen LogP contribution in [0, 0.1) is 0 Å². The molecule has 0 unspecified atom stereocenters. The summed E-state index contributed by atoms with van der Waals surface area (Å²) in [5.41, 5.74) is 0. The van der Waals surface area contributed by atoms with E-state index in [1.165, 1.54) is 26.4 Å². The van der Waals surface area contributed by atoms with E-state index in [1.54, 1.807) is 12.2 Å². The Bertz CT molecular complexity index is 300. The molecule has 0 aromatic heterocycles. The average molecular weight is 240 g/mol. The lowest BCUT2D eigenvalue weighted by Gasteiger charge is -2.06. The van der Waals surface area contributed by atoms with Crippen LogP contribution in [-0.4, -0.2) is 38.4 Å². The van der Waals surface area contributed by atoms with E-state index in [4.69, 9.17) is 4.74 Å². The maximum Gasteiger partial charge on any atom is 0.330 e. The Labute approximate surface area is 100 Å². The van der Waals surface area contributed by atoms with Gasteiger partial charge in [-0.1, -0.05) is 0 Å². The van der Waals surface area contributed by atoms with Crippen molar-refractivity contribution >= 4 is 11.9 Å². The van der Waals surface area contributed by atoms with Gasteiger partial charge in [-0.05, 0) is 25.0 Å². The summed E-state index contributed by atoms with van der Waals surface area (Å²) in [7, 11) is 2.65. The van der Waals surface area contributed by atoms with E-state index in [2.05, 4.69) is 9.47 Å². The van der Waals surface area contributed by atoms with E-state index >= 15 is 0 Å². The second-order valence-corrected chi connectivity index (χ2v) is 3.55. The third kappa shape index (κ3) is 4.82. The largest absolute Gasteiger partial charge is 0.466 e. The molecule has 1 aliphatic heterocycles. The lowest BCUT2D eigenvalue weighted by molar-refractivity contribution is -0.135. The predicted octanol–water partition coefficient (Wildman–Crippen LogP) is 0.992. The molecule has 1 saturated heterocycles. The van der Waals surface area contributed by atoms with Crippen LogP contribution in [0.2, 0.25) is 0 Å². The summed E-state index contributed by atoms with van der Waals surface area (Å²) in [6, 6.07) is 0. The standard InChI is InChI=1S/C12H16O5/c1-15-11(13)7-5-9-3-4-10(17-9)6-8-12(14)16-2/h5-10H,3-4H2,1-2H3/b7-5+,8-6+/t9-,10+. The van der Waals surface area contributed by atoms with Gasteiger partial charge in [-0.2, -0.15) is 0 Å². The first-order chi connectivity index (χ1) is 8.15. The summed E-state index contributed by atoms with van der Waals surface area (Å²) in [5.74, 6) is -0.802. The molecule has 0 aromatic carbocycles. The fourth-order valence-electron chi connectivity index (χ4n) is 1.48. The molecule has 1 heterocycles. The number of esters is 2. The molecule has 0 aliphatic carbocycles. The lowest BCUT2D eigenvalue weighted by Crippen LogP contribution is -2.08. The second-order valence-electron chi connectivity index (χ2n) is 3.55. The van der Waals surface area contributed by atoms with Gasteiger partial charge >= 0.3 is 11.9 Å². The summed E-state index contributed by atoms with van der Waals surface area (Å²) in [6.45, 7) is 0. The predicted molar refractivity (Wildman–Crippen MR) is 60.2 cm³/mol. The van der Waals surface area contributed by atoms with Crippen LogP contribution in [0.4, 0.5) is 0 Å². The molecule has 2 atom stereocenters. The molecule has 0 N–H and O–H groups in total. The Morgan fingerprint density at radius 2 is 1.41 bits per heavy atom. The molecular weight excluding hydrogens is 224 g/mol. The topological polar surface area (TPSA) is 61.8 Å². The highest BCUT2D eigenvalue weighted by atomic mass is 16.5. The van der Waals surface area contributed by atoms with Crippen molar-refractivity contribution < 1.29 is 23.8 Å². The monoisotopic (exact) mass is 240 g/mol. The summed E-state index contributed by atoms with van der Waals surface area (Å²) in [4.78, 5) is 21.7. The SMILES string of the molecule is COC(=O)/C=C/[C@@H]1CC[C@H](/C=C/C(=O)OC)O1. The Morgan fingerprint density at radius 3 is 1.76 bits per heavy atom. The molecule has 5 heteroatoms. The highest BCUT2D eigenvalue weighted by molar-refractivity contribution is 5.82. The molecule has 0 aromatic rings. The molecule has 17 heavy (non-hydrogen) atoms. The molecule has 5 nitrogen and oxygen atoms in total. The average Bonchev–Trinajstić information content (AvgIpc) is 2.80. The maximum atomic E-state index is 10.9. The van der Waals surface area contributed by atoms with Gasteiger partial charge in [-0.15, -0.1) is 0 Å². The van der Waals surface area contributed by atoms with E-state index in [9.17, 15) is 9.59 Å². The first kappa shape index (κ1) is 13.4. The Morgan fingerprint density at radius 1 is 1.00 bits per heavy atom. The molecule has 1 fully saturated rings. The van der Waals surface area contributed by atoms with Gasteiger partial charge < -0.3 is 14.2 Å². The third-order valence-electron chi connectivity index (χ3n) is 2.38. The number of hydrogen-bond acceptors (Lipinski definition) is 5. The molecule has 1 aliphatic rings. The van der Waals surface area contributed by atoms with Crippen molar-refractivity contribution in [1.82, 2.24) is 0 Å². The molecule has 0 saturated carbocycles. The van der Waals surface area contributed by atoms with Crippen molar-refractivity contribution in [2.24, 2.45) is 0 Å². The number of ether oxygens (including phenoxy) is 3. The quantitative estimate of drug-likeness (QED) is 0.541. The van der Waals surface area contributed by atoms with Crippen LogP contribution >= 0.6 is 0 Å². The van der Waals surface area contributed by atoms with Crippen LogP contribution in [0.25, 0.3) is 0 Å². The van der Waals surface area contributed by atoms with E-state index in [0.717, 1.165) is 12.8 Å². The van der Waals surface area contributed by atoms with Gasteiger partial charge in [0.05, 0.1) is 26.4 Å². The van der Waals surface area contributed by atoms with Gasteiger partial charge in [0, 0.05) is 12.2 Å². The third-order valence-corrected chi connectivity index (χ3v) is 2.38. The molecule has 0 bridgehead atoms. The lowest BCUT2D eigenvalue weighted by atomic mass is 10.2. The van der Waals surface area contributed by atoms with Crippen LogP contribution in [0.15, 0.2) is 24.3 Å². The van der Waals surface area contributed by atoms with Crippen LogP contribution in [0.3, 0.4) is 0 Å². The minimum Gasteiger partial charge on any atom is -0.466 e. The number of hydrogen-bond donors (Lipinski definition) is 0. The van der Waals surface area contributed by atoms with E-state index in [1.807, 2.05) is 0 Å². The summed E-state index contributed by atoms with van der Waals surface area (Å²) < 4.78 is 14.5. The van der Waals surface area contributed by atoms with E-state index in [0.29, 0.717) is 0 Å². The number of rotatable bonds is 4. The Balaban J connectivity index is 2.37. The van der Waals surface area contributed by atoms with E-state index in [-0.39, 0.29) is 12.2 Å². The zero-order chi connectivity index (χ0) is 12.7. The fraction of sp³-hybridized carbons (Fsp3) is 0.500. The van der Waals surface area contributed by atoms with Crippen molar-refractivity contribution in [2.45, 2.75) is 25.0 Å². The zero-order valence-corrected chi connectivity index (χ0v) is 9.92. The van der Waals surface area contributed by atoms with Gasteiger partial charge in [-0.3, -0.25) is 0 Å². The number of carbonyl (C=O) groups excluding carboxylic acids is 2. The van der Waals surface area contributed by atoms with E-state index < -0.39 is 11.9 Å². The van der Waals surface area contributed by atoms with Crippen LogP contribution in [0.1, 0.15) is 12.8 Å². The summed E-state index contributed by atoms with van der Waals surface area (Å²) in [5, 5.41) is 0. The Kier molecular flexibility index (Phi) is 5.42. The first-order valence-electron chi connectivity index (χ1n) is 5.33. The second kappa shape index (κ2) is 6.85. The van der Waals surface area contributed by atoms with Crippen molar-refractivity contribution in [2.75, 3.05) is 14.2 Å². The Hall–Kier alpha value is -1.62. The highest BCUT2D eigenvalue weighted by Gasteiger charge is 2.21. The van der Waals surface area contributed by atoms with Crippen molar-refractivity contribution in [1.29, 1.82) is 0 Å². The molecular formula is C12H16O5. The van der Waals surface area contributed by atoms with Gasteiger partial charge in [-0.25, -0.2) is 9.59 Å². The van der Waals surface area contributed by atoms with Gasteiger partial charge in [0.1, 0.15) is 0 Å². The van der Waals surface area contributed by atoms with Gasteiger partial charge in [0.25, 0.3) is 0 Å². The summed E-state index contributed by atoms with van der Waals surface area (Å²) in [6.07, 6.45) is 7.42. The van der Waals surface area contributed by atoms with Crippen molar-refractivity contribution in [3.05, 3.63) is 24.3 Å². The fourth-order valence-corrected chi connectivity index (χ4v) is 1.48. The molecule has 0 radical (unpaired) electrons. The minimum atomic E-state index is -0.401. The maximum absolute atomic E-state index is 10.9. The number of methoxy groups -OCH3 is 2. The van der Waals surface area contributed by atoms with Gasteiger partial charge in [0.2, 0.25) is 0 Å². The van der Waals surface area contributed by atoms with Crippen LogP contribution < -0.4 is 0 Å². The van der Waals surface area contributed by atoms with Crippen molar-refractivity contribution in [3.63, 3.8) is 0 Å². The van der Waals surface area contributed by atoms with Crippen molar-refractivity contribution in [3.8, 4) is 0 Å². The van der Waals surface area contributed by atoms with Gasteiger partial charge in [0.15, 0.2) is 0 Å².